The summed E-state index contributed by atoms with van der Waals surface area (Å²) in [6.45, 7) is 8.96. The molecule has 0 saturated carbocycles. The molecule has 3 amide bonds. The van der Waals surface area contributed by atoms with Gasteiger partial charge in [-0.2, -0.15) is 5.10 Å². The van der Waals surface area contributed by atoms with Gasteiger partial charge in [-0.3, -0.25) is 19.2 Å². The molecule has 9 nitrogen and oxygen atoms in total. The van der Waals surface area contributed by atoms with E-state index in [4.69, 9.17) is 4.74 Å². The van der Waals surface area contributed by atoms with Crippen LogP contribution < -0.4 is 4.90 Å². The van der Waals surface area contributed by atoms with Crippen molar-refractivity contribution in [3.05, 3.63) is 11.9 Å². The van der Waals surface area contributed by atoms with Gasteiger partial charge in [0.05, 0.1) is 42.8 Å². The third-order valence-corrected chi connectivity index (χ3v) is 5.59. The molecule has 1 aromatic heterocycles. The van der Waals surface area contributed by atoms with Crippen molar-refractivity contribution in [3.63, 3.8) is 0 Å². The van der Waals surface area contributed by atoms with Crippen molar-refractivity contribution in [2.24, 2.45) is 0 Å². The second-order valence-electron chi connectivity index (χ2n) is 8.83. The second-order valence-corrected chi connectivity index (χ2v) is 8.83. The molecule has 0 aromatic carbocycles. The topological polar surface area (TPSA) is 88.0 Å². The maximum atomic E-state index is 12.7. The van der Waals surface area contributed by atoms with E-state index in [0.717, 1.165) is 17.8 Å². The number of nitrogens with zero attached hydrogens (tertiary/aromatic N) is 5. The number of fused-ring (bicyclic) bond motifs is 2. The Balaban J connectivity index is 1.57. The summed E-state index contributed by atoms with van der Waals surface area (Å²) < 4.78 is 7.41. The lowest BCUT2D eigenvalue weighted by atomic mass is 10.1. The highest BCUT2D eigenvalue weighted by molar-refractivity contribution is 5.99. The molecule has 0 spiro atoms. The van der Waals surface area contributed by atoms with Crippen molar-refractivity contribution >= 4 is 23.6 Å². The molecule has 2 atom stereocenters. The highest BCUT2D eigenvalue weighted by Crippen LogP contribution is 2.32. The van der Waals surface area contributed by atoms with Crippen LogP contribution in [0.4, 0.5) is 10.5 Å². The van der Waals surface area contributed by atoms with Crippen LogP contribution in [0.5, 0.6) is 0 Å². The third-order valence-electron chi connectivity index (χ3n) is 5.59. The lowest BCUT2D eigenvalue weighted by Gasteiger charge is -2.39. The summed E-state index contributed by atoms with van der Waals surface area (Å²) in [7, 11) is 0. The highest BCUT2D eigenvalue weighted by Gasteiger charge is 2.41. The molecule has 1 aromatic rings. The first-order chi connectivity index (χ1) is 13.1. The zero-order valence-electron chi connectivity index (χ0n) is 16.8. The van der Waals surface area contributed by atoms with E-state index in [2.05, 4.69) is 5.10 Å². The lowest BCUT2D eigenvalue weighted by Crippen LogP contribution is -2.55. The Labute approximate surface area is 164 Å². The third kappa shape index (κ3) is 3.22. The summed E-state index contributed by atoms with van der Waals surface area (Å²) in [5, 5.41) is 4.45. The lowest BCUT2D eigenvalue weighted by molar-refractivity contribution is -0.135. The average molecular weight is 389 g/mol. The maximum Gasteiger partial charge on any atom is 0.410 e. The number of hydrogen-bond acceptors (Lipinski definition) is 5. The Morgan fingerprint density at radius 1 is 1.18 bits per heavy atom. The van der Waals surface area contributed by atoms with Crippen molar-refractivity contribution in [1.29, 1.82) is 0 Å². The molecular weight excluding hydrogens is 362 g/mol. The SMILES string of the molecule is C[C@H]1Cn2ncc(N3CC4CCC(=O)N4CC3=O)c2CN1C(=O)OC(C)(C)C. The minimum absolute atomic E-state index is 0.0555. The van der Waals surface area contributed by atoms with E-state index in [9.17, 15) is 14.4 Å². The van der Waals surface area contributed by atoms with Crippen LogP contribution >= 0.6 is 0 Å². The Bertz CT molecular complexity index is 827. The largest absolute Gasteiger partial charge is 0.444 e. The number of anilines is 1. The Morgan fingerprint density at radius 2 is 1.93 bits per heavy atom. The minimum Gasteiger partial charge on any atom is -0.444 e. The van der Waals surface area contributed by atoms with Gasteiger partial charge < -0.3 is 14.5 Å². The number of hydrogen-bond donors (Lipinski definition) is 0. The Kier molecular flexibility index (Phi) is 4.35. The van der Waals surface area contributed by atoms with Crippen LogP contribution in [0.2, 0.25) is 0 Å². The van der Waals surface area contributed by atoms with Crippen molar-refractivity contribution in [2.75, 3.05) is 18.0 Å². The number of carbonyl (C=O) groups excluding carboxylic acids is 3. The first kappa shape index (κ1) is 18.8. The summed E-state index contributed by atoms with van der Waals surface area (Å²) in [6.07, 6.45) is 2.61. The molecular formula is C19H27N5O4. The van der Waals surface area contributed by atoms with Crippen LogP contribution in [0.1, 0.15) is 46.2 Å². The summed E-state index contributed by atoms with van der Waals surface area (Å²) >= 11 is 0. The molecule has 4 rings (SSSR count). The number of piperazine rings is 1. The molecule has 3 aliphatic rings. The quantitative estimate of drug-likeness (QED) is 0.724. The van der Waals surface area contributed by atoms with Gasteiger partial charge in [-0.05, 0) is 34.1 Å². The first-order valence-electron chi connectivity index (χ1n) is 9.78. The van der Waals surface area contributed by atoms with Gasteiger partial charge in [0.1, 0.15) is 12.1 Å². The van der Waals surface area contributed by atoms with Gasteiger partial charge in [0.25, 0.3) is 0 Å². The fourth-order valence-electron chi connectivity index (χ4n) is 4.15. The molecule has 1 unspecified atom stereocenters. The van der Waals surface area contributed by atoms with Crippen LogP contribution in [0, 0.1) is 0 Å². The van der Waals surface area contributed by atoms with Crippen LogP contribution in [0.3, 0.4) is 0 Å². The van der Waals surface area contributed by atoms with E-state index >= 15 is 0 Å². The molecule has 0 bridgehead atoms. The summed E-state index contributed by atoms with van der Waals surface area (Å²) in [4.78, 5) is 42.4. The molecule has 9 heteroatoms. The standard InChI is InChI=1S/C19H27N5O4/c1-12-8-24-15(10-21(12)18(27)28-19(2,3)4)14(7-20-24)23-9-13-5-6-16(25)22(13)11-17(23)26/h7,12-13H,5-6,8-11H2,1-4H3/t12-,13?/m0/s1. The summed E-state index contributed by atoms with van der Waals surface area (Å²) in [5.74, 6) is -0.0512. The van der Waals surface area contributed by atoms with Gasteiger partial charge in [-0.1, -0.05) is 0 Å². The molecule has 0 radical (unpaired) electrons. The maximum absolute atomic E-state index is 12.7. The monoisotopic (exact) mass is 389 g/mol. The molecule has 0 aliphatic carbocycles. The predicted molar refractivity (Wildman–Crippen MR) is 101 cm³/mol. The van der Waals surface area contributed by atoms with E-state index in [-0.39, 0.29) is 36.5 Å². The Hall–Kier alpha value is -2.58. The fraction of sp³-hybridized carbons (Fsp3) is 0.684. The van der Waals surface area contributed by atoms with E-state index in [1.165, 1.54) is 0 Å². The van der Waals surface area contributed by atoms with Crippen molar-refractivity contribution < 1.29 is 19.1 Å². The average Bonchev–Trinajstić information content (AvgIpc) is 3.15. The van der Waals surface area contributed by atoms with E-state index < -0.39 is 5.60 Å². The number of rotatable bonds is 1. The van der Waals surface area contributed by atoms with Crippen molar-refractivity contribution in [2.45, 2.75) is 71.3 Å². The molecule has 2 saturated heterocycles. The van der Waals surface area contributed by atoms with E-state index in [1.54, 1.807) is 20.9 Å². The highest BCUT2D eigenvalue weighted by atomic mass is 16.6. The number of amides is 3. The van der Waals surface area contributed by atoms with Gasteiger partial charge in [0, 0.05) is 13.0 Å². The van der Waals surface area contributed by atoms with Crippen LogP contribution in [0.25, 0.3) is 0 Å². The van der Waals surface area contributed by atoms with E-state index in [1.807, 2.05) is 32.4 Å². The van der Waals surface area contributed by atoms with Crippen LogP contribution in [0.15, 0.2) is 6.20 Å². The fourth-order valence-corrected chi connectivity index (χ4v) is 4.15. The van der Waals surface area contributed by atoms with E-state index in [0.29, 0.717) is 26.1 Å². The molecule has 2 fully saturated rings. The zero-order valence-corrected chi connectivity index (χ0v) is 16.8. The normalized spacial score (nSPS) is 25.1. The molecule has 0 N–H and O–H groups in total. The molecule has 28 heavy (non-hydrogen) atoms. The van der Waals surface area contributed by atoms with Gasteiger partial charge in [0.2, 0.25) is 11.8 Å². The first-order valence-corrected chi connectivity index (χ1v) is 9.78. The van der Waals surface area contributed by atoms with Gasteiger partial charge in [-0.25, -0.2) is 4.79 Å². The van der Waals surface area contributed by atoms with Gasteiger partial charge in [-0.15, -0.1) is 0 Å². The van der Waals surface area contributed by atoms with Crippen molar-refractivity contribution in [1.82, 2.24) is 19.6 Å². The van der Waals surface area contributed by atoms with Crippen molar-refractivity contribution in [3.8, 4) is 0 Å². The van der Waals surface area contributed by atoms with Gasteiger partial charge in [0.15, 0.2) is 0 Å². The smallest absolute Gasteiger partial charge is 0.410 e. The number of carbonyl (C=O) groups is 3. The minimum atomic E-state index is -0.571. The molecule has 4 heterocycles. The molecule has 152 valence electrons. The Morgan fingerprint density at radius 3 is 2.64 bits per heavy atom. The van der Waals surface area contributed by atoms with Gasteiger partial charge >= 0.3 is 6.09 Å². The predicted octanol–water partition coefficient (Wildman–Crippen LogP) is 1.36. The summed E-state index contributed by atoms with van der Waals surface area (Å²) in [5.41, 5.74) is 0.984. The second kappa shape index (κ2) is 6.49. The number of ether oxygens (including phenoxy) is 1. The molecule has 3 aliphatic heterocycles. The van der Waals surface area contributed by atoms with Crippen LogP contribution in [-0.4, -0.2) is 68.3 Å². The summed E-state index contributed by atoms with van der Waals surface area (Å²) in [6, 6.07) is 0.000301. The number of aromatic nitrogens is 2. The zero-order chi connectivity index (χ0) is 20.2. The van der Waals surface area contributed by atoms with Crippen LogP contribution in [-0.2, 0) is 27.4 Å².